The van der Waals surface area contributed by atoms with Crippen LogP contribution in [0.3, 0.4) is 0 Å². The molecule has 2 heteroatoms. The van der Waals surface area contributed by atoms with E-state index in [1.165, 1.54) is 0 Å². The minimum absolute atomic E-state index is 0.411. The fourth-order valence-electron chi connectivity index (χ4n) is 1.65. The number of hydrogen-bond donors (Lipinski definition) is 0. The van der Waals surface area contributed by atoms with Gasteiger partial charge in [-0.2, -0.15) is 0 Å². The van der Waals surface area contributed by atoms with Crippen LogP contribution in [0.4, 0.5) is 0 Å². The molecule has 1 aliphatic rings. The van der Waals surface area contributed by atoms with Crippen LogP contribution in [0.15, 0.2) is 0 Å². The largest absolute Gasteiger partial charge is 0.376 e. The van der Waals surface area contributed by atoms with Crippen molar-refractivity contribution in [3.63, 3.8) is 0 Å². The van der Waals surface area contributed by atoms with Gasteiger partial charge >= 0.3 is 0 Å². The summed E-state index contributed by atoms with van der Waals surface area (Å²) in [7, 11) is 0. The van der Waals surface area contributed by atoms with E-state index in [-0.39, 0.29) is 0 Å². The van der Waals surface area contributed by atoms with Gasteiger partial charge in [-0.15, -0.1) is 0 Å². The van der Waals surface area contributed by atoms with Crippen molar-refractivity contribution >= 4 is 0 Å². The van der Waals surface area contributed by atoms with Crippen molar-refractivity contribution in [2.45, 2.75) is 45.9 Å². The molecule has 0 N–H and O–H groups in total. The molecule has 1 aliphatic heterocycles. The minimum Gasteiger partial charge on any atom is -0.376 e. The number of ether oxygens (including phenoxy) is 1. The predicted molar refractivity (Wildman–Crippen MR) is 46.7 cm³/mol. The summed E-state index contributed by atoms with van der Waals surface area (Å²) in [6, 6.07) is 1.24. The summed E-state index contributed by atoms with van der Waals surface area (Å²) >= 11 is 0. The number of rotatable bonds is 1. The first-order valence-corrected chi connectivity index (χ1v) is 4.48. The molecule has 1 rings (SSSR count). The molecule has 0 saturated carbocycles. The maximum atomic E-state index is 5.53. The quantitative estimate of drug-likeness (QED) is 0.572. The molecule has 2 nitrogen and oxygen atoms in total. The van der Waals surface area contributed by atoms with Crippen LogP contribution >= 0.6 is 0 Å². The predicted octanol–water partition coefficient (Wildman–Crippen LogP) is 1.50. The highest BCUT2D eigenvalue weighted by Gasteiger charge is 2.24. The number of morpholine rings is 1. The van der Waals surface area contributed by atoms with Crippen LogP contribution in [0.2, 0.25) is 0 Å². The molecular formula is C9H19NO. The Balaban J connectivity index is 2.47. The highest BCUT2D eigenvalue weighted by molar-refractivity contribution is 4.77. The van der Waals surface area contributed by atoms with Crippen molar-refractivity contribution in [1.82, 2.24) is 4.90 Å². The summed E-state index contributed by atoms with van der Waals surface area (Å²) in [5, 5.41) is 0. The third kappa shape index (κ3) is 2.17. The lowest BCUT2D eigenvalue weighted by molar-refractivity contribution is -0.0607. The standard InChI is InChI=1S/C9H19NO/c1-7(2)10-5-9(4)11-6-8(10)3/h7-9H,5-6H2,1-4H3. The van der Waals surface area contributed by atoms with Gasteiger partial charge < -0.3 is 4.74 Å². The van der Waals surface area contributed by atoms with Gasteiger partial charge in [0.05, 0.1) is 12.7 Å². The van der Waals surface area contributed by atoms with E-state index in [0.29, 0.717) is 18.2 Å². The van der Waals surface area contributed by atoms with Crippen LogP contribution in [-0.4, -0.2) is 36.2 Å². The van der Waals surface area contributed by atoms with Gasteiger partial charge in [0, 0.05) is 18.6 Å². The van der Waals surface area contributed by atoms with Crippen LogP contribution in [-0.2, 0) is 4.74 Å². The monoisotopic (exact) mass is 157 g/mol. The van der Waals surface area contributed by atoms with Gasteiger partial charge in [0.15, 0.2) is 0 Å². The van der Waals surface area contributed by atoms with Crippen LogP contribution < -0.4 is 0 Å². The second-order valence-corrected chi connectivity index (χ2v) is 3.78. The molecule has 0 spiro atoms. The molecule has 2 atom stereocenters. The van der Waals surface area contributed by atoms with Gasteiger partial charge in [0.25, 0.3) is 0 Å². The lowest BCUT2D eigenvalue weighted by Gasteiger charge is -2.39. The zero-order valence-corrected chi connectivity index (χ0v) is 8.00. The van der Waals surface area contributed by atoms with Gasteiger partial charge in [0.1, 0.15) is 0 Å². The summed E-state index contributed by atoms with van der Waals surface area (Å²) < 4.78 is 5.53. The number of hydrogen-bond acceptors (Lipinski definition) is 2. The highest BCUT2D eigenvalue weighted by atomic mass is 16.5. The van der Waals surface area contributed by atoms with Crippen molar-refractivity contribution in [2.75, 3.05) is 13.2 Å². The van der Waals surface area contributed by atoms with Crippen LogP contribution in [0, 0.1) is 0 Å². The Bertz CT molecular complexity index is 125. The van der Waals surface area contributed by atoms with Crippen LogP contribution in [0.1, 0.15) is 27.7 Å². The second-order valence-electron chi connectivity index (χ2n) is 3.78. The first-order valence-electron chi connectivity index (χ1n) is 4.48. The van der Waals surface area contributed by atoms with Gasteiger partial charge in [-0.1, -0.05) is 0 Å². The topological polar surface area (TPSA) is 12.5 Å². The SMILES string of the molecule is CC1CN(C(C)C)C(C)CO1. The zero-order chi connectivity index (χ0) is 8.43. The van der Waals surface area contributed by atoms with Gasteiger partial charge in [-0.05, 0) is 27.7 Å². The number of nitrogens with zero attached hydrogens (tertiary/aromatic N) is 1. The molecular weight excluding hydrogens is 138 g/mol. The van der Waals surface area contributed by atoms with E-state index in [1.54, 1.807) is 0 Å². The average molecular weight is 157 g/mol. The van der Waals surface area contributed by atoms with Crippen molar-refractivity contribution < 1.29 is 4.74 Å². The first-order chi connectivity index (χ1) is 5.11. The molecule has 0 bridgehead atoms. The van der Waals surface area contributed by atoms with Crippen molar-refractivity contribution in [2.24, 2.45) is 0 Å². The van der Waals surface area contributed by atoms with Crippen LogP contribution in [0.5, 0.6) is 0 Å². The zero-order valence-electron chi connectivity index (χ0n) is 8.00. The average Bonchev–Trinajstić information content (AvgIpc) is 1.94. The molecule has 0 aromatic rings. The molecule has 0 aliphatic carbocycles. The fourth-order valence-corrected chi connectivity index (χ4v) is 1.65. The molecule has 0 aromatic carbocycles. The first kappa shape index (κ1) is 9.01. The normalized spacial score (nSPS) is 34.6. The Kier molecular flexibility index (Phi) is 2.90. The molecule has 2 unspecified atom stereocenters. The van der Waals surface area contributed by atoms with E-state index in [9.17, 15) is 0 Å². The minimum atomic E-state index is 0.411. The molecule has 1 heterocycles. The molecule has 1 saturated heterocycles. The molecule has 0 radical (unpaired) electrons. The smallest absolute Gasteiger partial charge is 0.0674 e. The summed E-state index contributed by atoms with van der Waals surface area (Å²) in [5.74, 6) is 0. The van der Waals surface area contributed by atoms with E-state index < -0.39 is 0 Å². The maximum absolute atomic E-state index is 5.53. The van der Waals surface area contributed by atoms with Crippen molar-refractivity contribution in [1.29, 1.82) is 0 Å². The third-order valence-electron chi connectivity index (χ3n) is 2.32. The van der Waals surface area contributed by atoms with Crippen molar-refractivity contribution in [3.8, 4) is 0 Å². The highest BCUT2D eigenvalue weighted by Crippen LogP contribution is 2.13. The Hall–Kier alpha value is -0.0800. The summed E-state index contributed by atoms with van der Waals surface area (Å²) in [6.07, 6.45) is 0.411. The molecule has 0 aromatic heterocycles. The Morgan fingerprint density at radius 3 is 2.45 bits per heavy atom. The van der Waals surface area contributed by atoms with Gasteiger partial charge in [-0.3, -0.25) is 4.90 Å². The van der Waals surface area contributed by atoms with Crippen molar-refractivity contribution in [3.05, 3.63) is 0 Å². The lowest BCUT2D eigenvalue weighted by atomic mass is 10.1. The lowest BCUT2D eigenvalue weighted by Crippen LogP contribution is -2.50. The second kappa shape index (κ2) is 3.55. The molecule has 66 valence electrons. The Morgan fingerprint density at radius 1 is 1.36 bits per heavy atom. The summed E-state index contributed by atoms with van der Waals surface area (Å²) in [5.41, 5.74) is 0. The Labute approximate surface area is 69.5 Å². The maximum Gasteiger partial charge on any atom is 0.0674 e. The van der Waals surface area contributed by atoms with E-state index in [4.69, 9.17) is 4.74 Å². The Morgan fingerprint density at radius 2 is 2.00 bits per heavy atom. The van der Waals surface area contributed by atoms with E-state index in [2.05, 4.69) is 32.6 Å². The van der Waals surface area contributed by atoms with E-state index >= 15 is 0 Å². The van der Waals surface area contributed by atoms with E-state index in [1.807, 2.05) is 0 Å². The fraction of sp³-hybridized carbons (Fsp3) is 1.00. The van der Waals surface area contributed by atoms with Crippen LogP contribution in [0.25, 0.3) is 0 Å². The van der Waals surface area contributed by atoms with E-state index in [0.717, 1.165) is 13.2 Å². The third-order valence-corrected chi connectivity index (χ3v) is 2.32. The van der Waals surface area contributed by atoms with Gasteiger partial charge in [0.2, 0.25) is 0 Å². The molecule has 11 heavy (non-hydrogen) atoms. The molecule has 0 amide bonds. The molecule has 1 fully saturated rings. The summed E-state index contributed by atoms with van der Waals surface area (Å²) in [6.45, 7) is 10.8. The summed E-state index contributed by atoms with van der Waals surface area (Å²) in [4.78, 5) is 2.49. The van der Waals surface area contributed by atoms with Gasteiger partial charge in [-0.25, -0.2) is 0 Å².